The van der Waals surface area contributed by atoms with Crippen LogP contribution in [-0.4, -0.2) is 48.6 Å². The average Bonchev–Trinajstić information content (AvgIpc) is 2.79. The van der Waals surface area contributed by atoms with Gasteiger partial charge in [-0.25, -0.2) is 0 Å². The fourth-order valence-electron chi connectivity index (χ4n) is 3.52. The third-order valence-electron chi connectivity index (χ3n) is 5.01. The Bertz CT molecular complexity index is 841. The van der Waals surface area contributed by atoms with Crippen LogP contribution in [0.3, 0.4) is 0 Å². The monoisotopic (exact) mass is 410 g/mol. The molecule has 1 aromatic carbocycles. The van der Waals surface area contributed by atoms with Gasteiger partial charge in [-0.1, -0.05) is 18.2 Å². The number of guanidine groups is 1. The van der Waals surface area contributed by atoms with Crippen LogP contribution in [0.25, 0.3) is 0 Å². The van der Waals surface area contributed by atoms with Crippen molar-refractivity contribution in [1.29, 1.82) is 0 Å². The first-order valence-corrected chi connectivity index (χ1v) is 10.4. The summed E-state index contributed by atoms with van der Waals surface area (Å²) in [5.41, 5.74) is 1.98. The topological polar surface area (TPSA) is 76.0 Å². The minimum Gasteiger partial charge on any atom is -0.487 e. The second kappa shape index (κ2) is 11.2. The molecule has 1 saturated heterocycles. The first kappa shape index (κ1) is 21.6. The van der Waals surface area contributed by atoms with Gasteiger partial charge >= 0.3 is 5.97 Å². The third-order valence-corrected chi connectivity index (χ3v) is 5.01. The Balaban J connectivity index is 1.54. The summed E-state index contributed by atoms with van der Waals surface area (Å²) in [7, 11) is 1.77. The molecule has 1 N–H and O–H groups in total. The molecule has 1 aromatic heterocycles. The lowest BCUT2D eigenvalue weighted by atomic mass is 9.98. The van der Waals surface area contributed by atoms with Crippen molar-refractivity contribution >= 4 is 11.9 Å². The number of esters is 1. The number of carbonyl (C=O) groups is 1. The van der Waals surface area contributed by atoms with Crippen molar-refractivity contribution in [3.8, 4) is 5.75 Å². The van der Waals surface area contributed by atoms with Crippen molar-refractivity contribution in [3.05, 3.63) is 59.9 Å². The van der Waals surface area contributed by atoms with E-state index in [0.29, 0.717) is 26.3 Å². The van der Waals surface area contributed by atoms with E-state index in [-0.39, 0.29) is 11.9 Å². The Morgan fingerprint density at radius 3 is 2.97 bits per heavy atom. The summed E-state index contributed by atoms with van der Waals surface area (Å²) < 4.78 is 11.1. The molecule has 7 heteroatoms. The van der Waals surface area contributed by atoms with Gasteiger partial charge in [-0.05, 0) is 49.6 Å². The molecule has 0 saturated carbocycles. The van der Waals surface area contributed by atoms with E-state index in [2.05, 4.69) is 20.2 Å². The van der Waals surface area contributed by atoms with Crippen LogP contribution >= 0.6 is 0 Å². The molecular weight excluding hydrogens is 380 g/mol. The van der Waals surface area contributed by atoms with Gasteiger partial charge in [0.2, 0.25) is 0 Å². The van der Waals surface area contributed by atoms with Gasteiger partial charge < -0.3 is 19.7 Å². The maximum Gasteiger partial charge on any atom is 0.310 e. The van der Waals surface area contributed by atoms with E-state index in [0.717, 1.165) is 42.4 Å². The minimum absolute atomic E-state index is 0.0967. The van der Waals surface area contributed by atoms with E-state index in [9.17, 15) is 4.79 Å². The number of hydrogen-bond acceptors (Lipinski definition) is 5. The second-order valence-corrected chi connectivity index (χ2v) is 7.20. The molecular formula is C23H30N4O3. The third kappa shape index (κ3) is 6.20. The summed E-state index contributed by atoms with van der Waals surface area (Å²) >= 11 is 0. The van der Waals surface area contributed by atoms with Crippen LogP contribution in [-0.2, 0) is 22.7 Å². The fourth-order valence-corrected chi connectivity index (χ4v) is 3.52. The number of aromatic nitrogens is 1. The number of nitrogens with zero attached hydrogens (tertiary/aromatic N) is 3. The number of aliphatic imine (C=N–C) groups is 1. The largest absolute Gasteiger partial charge is 0.487 e. The highest BCUT2D eigenvalue weighted by atomic mass is 16.5. The van der Waals surface area contributed by atoms with Crippen molar-refractivity contribution in [2.24, 2.45) is 10.9 Å². The summed E-state index contributed by atoms with van der Waals surface area (Å²) in [4.78, 5) is 22.9. The van der Waals surface area contributed by atoms with Crippen LogP contribution in [0.2, 0.25) is 0 Å². The highest BCUT2D eigenvalue weighted by molar-refractivity contribution is 5.81. The average molecular weight is 411 g/mol. The molecule has 0 aliphatic carbocycles. The van der Waals surface area contributed by atoms with Gasteiger partial charge in [0.15, 0.2) is 5.96 Å². The van der Waals surface area contributed by atoms with Crippen molar-refractivity contribution in [3.63, 3.8) is 0 Å². The molecule has 160 valence electrons. The maximum atomic E-state index is 12.1. The van der Waals surface area contributed by atoms with Crippen LogP contribution in [0.1, 0.15) is 31.0 Å². The number of hydrogen-bond donors (Lipinski definition) is 1. The Morgan fingerprint density at radius 2 is 2.20 bits per heavy atom. The molecule has 3 rings (SSSR count). The highest BCUT2D eigenvalue weighted by Gasteiger charge is 2.28. The number of likely N-dealkylation sites (tertiary alicyclic amines) is 1. The highest BCUT2D eigenvalue weighted by Crippen LogP contribution is 2.19. The van der Waals surface area contributed by atoms with E-state index in [4.69, 9.17) is 9.47 Å². The van der Waals surface area contributed by atoms with Crippen LogP contribution < -0.4 is 10.1 Å². The van der Waals surface area contributed by atoms with E-state index in [1.165, 1.54) is 0 Å². The number of piperidine rings is 1. The fraction of sp³-hybridized carbons (Fsp3) is 0.435. The lowest BCUT2D eigenvalue weighted by Crippen LogP contribution is -2.48. The van der Waals surface area contributed by atoms with Gasteiger partial charge in [-0.15, -0.1) is 0 Å². The molecule has 7 nitrogen and oxygen atoms in total. The molecule has 0 bridgehead atoms. The normalized spacial score (nSPS) is 16.8. The summed E-state index contributed by atoms with van der Waals surface area (Å²) in [5.74, 6) is 1.38. The van der Waals surface area contributed by atoms with Crippen LogP contribution in [0, 0.1) is 5.92 Å². The van der Waals surface area contributed by atoms with Gasteiger partial charge in [0.1, 0.15) is 12.4 Å². The number of benzene rings is 1. The van der Waals surface area contributed by atoms with Gasteiger partial charge in [0.25, 0.3) is 0 Å². The zero-order valence-electron chi connectivity index (χ0n) is 17.7. The molecule has 2 heterocycles. The van der Waals surface area contributed by atoms with Gasteiger partial charge in [-0.2, -0.15) is 0 Å². The van der Waals surface area contributed by atoms with E-state index in [1.807, 2.05) is 49.4 Å². The Morgan fingerprint density at radius 1 is 1.30 bits per heavy atom. The summed E-state index contributed by atoms with van der Waals surface area (Å²) in [6.07, 6.45) is 3.57. The Labute approximate surface area is 178 Å². The summed E-state index contributed by atoms with van der Waals surface area (Å²) in [6, 6.07) is 13.8. The van der Waals surface area contributed by atoms with Crippen molar-refractivity contribution in [2.75, 3.05) is 26.7 Å². The Hall–Kier alpha value is -3.09. The van der Waals surface area contributed by atoms with Crippen LogP contribution in [0.5, 0.6) is 5.75 Å². The first-order valence-electron chi connectivity index (χ1n) is 10.4. The lowest BCUT2D eigenvalue weighted by Gasteiger charge is -2.34. The molecule has 1 aliphatic rings. The zero-order chi connectivity index (χ0) is 21.2. The van der Waals surface area contributed by atoms with Crippen molar-refractivity contribution in [1.82, 2.24) is 15.2 Å². The van der Waals surface area contributed by atoms with Gasteiger partial charge in [-0.3, -0.25) is 14.8 Å². The zero-order valence-corrected chi connectivity index (χ0v) is 17.7. The number of pyridine rings is 1. The Kier molecular flexibility index (Phi) is 8.06. The SMILES string of the molecule is CCOC(=O)C1CCCN(C(=NC)NCc2cccc(OCc3ccccn3)c2)C1. The quantitative estimate of drug-likeness (QED) is 0.430. The van der Waals surface area contributed by atoms with Gasteiger partial charge in [0.05, 0.1) is 18.2 Å². The molecule has 1 atom stereocenters. The molecule has 30 heavy (non-hydrogen) atoms. The summed E-state index contributed by atoms with van der Waals surface area (Å²) in [6.45, 7) is 4.82. The molecule has 1 fully saturated rings. The maximum absolute atomic E-state index is 12.1. The first-order chi connectivity index (χ1) is 14.7. The van der Waals surface area contributed by atoms with E-state index < -0.39 is 0 Å². The molecule has 2 aromatic rings. The lowest BCUT2D eigenvalue weighted by molar-refractivity contribution is -0.149. The predicted octanol–water partition coefficient (Wildman–Crippen LogP) is 3.01. The van der Waals surface area contributed by atoms with Crippen LogP contribution in [0.15, 0.2) is 53.7 Å². The number of rotatable bonds is 7. The molecule has 0 amide bonds. The molecule has 1 aliphatic heterocycles. The smallest absolute Gasteiger partial charge is 0.310 e. The standard InChI is InChI=1S/C23H30N4O3/c1-3-29-22(28)19-9-7-13-27(16-19)23(24-2)26-15-18-8-6-11-21(14-18)30-17-20-10-4-5-12-25-20/h4-6,8,10-12,14,19H,3,7,9,13,15-17H2,1-2H3,(H,24,26). The van der Waals surface area contributed by atoms with Crippen LogP contribution in [0.4, 0.5) is 0 Å². The summed E-state index contributed by atoms with van der Waals surface area (Å²) in [5, 5.41) is 3.40. The second-order valence-electron chi connectivity index (χ2n) is 7.20. The van der Waals surface area contributed by atoms with Crippen molar-refractivity contribution < 1.29 is 14.3 Å². The predicted molar refractivity (Wildman–Crippen MR) is 116 cm³/mol. The number of nitrogens with one attached hydrogen (secondary N) is 1. The minimum atomic E-state index is -0.115. The molecule has 0 radical (unpaired) electrons. The van der Waals surface area contributed by atoms with E-state index >= 15 is 0 Å². The van der Waals surface area contributed by atoms with E-state index in [1.54, 1.807) is 13.2 Å². The number of ether oxygens (including phenoxy) is 2. The number of carbonyl (C=O) groups excluding carboxylic acids is 1. The van der Waals surface area contributed by atoms with Crippen molar-refractivity contribution in [2.45, 2.75) is 32.9 Å². The molecule has 0 spiro atoms. The van der Waals surface area contributed by atoms with Gasteiger partial charge in [0, 0.05) is 32.9 Å². The molecule has 1 unspecified atom stereocenters.